The molecule has 44 heavy (non-hydrogen) atoms. The van der Waals surface area contributed by atoms with Gasteiger partial charge in [0.05, 0.1) is 10.6 Å². The molecule has 10 heteroatoms. The van der Waals surface area contributed by atoms with Crippen LogP contribution in [-0.2, 0) is 32.6 Å². The van der Waals surface area contributed by atoms with Crippen LogP contribution in [0.2, 0.25) is 0 Å². The Balaban J connectivity index is 1.82. The third-order valence-electron chi connectivity index (χ3n) is 6.77. The van der Waals surface area contributed by atoms with Crippen LogP contribution in [0.15, 0.2) is 119 Å². The molecule has 1 N–H and O–H groups in total. The van der Waals surface area contributed by atoms with E-state index in [1.807, 2.05) is 75.4 Å². The zero-order valence-electron chi connectivity index (χ0n) is 24.8. The highest BCUT2D eigenvalue weighted by Gasteiger charge is 2.36. The van der Waals surface area contributed by atoms with E-state index in [9.17, 15) is 18.0 Å². The van der Waals surface area contributed by atoms with E-state index in [0.717, 1.165) is 26.0 Å². The second-order valence-electron chi connectivity index (χ2n) is 11.4. The summed E-state index contributed by atoms with van der Waals surface area (Å²) < 4.78 is 44.6. The normalized spacial score (nSPS) is 12.3. The zero-order valence-corrected chi connectivity index (χ0v) is 27.2. The van der Waals surface area contributed by atoms with Gasteiger partial charge in [-0.25, -0.2) is 12.8 Å². The SMILES string of the molecule is CC(C)(C)NC(=O)[C@H](Cc1ccccc1)N(Cc1ccc(Br)cc1)C(=O)CN(c1ccccc1F)S(=O)(=O)c1ccccc1. The summed E-state index contributed by atoms with van der Waals surface area (Å²) in [4.78, 5) is 29.6. The molecule has 0 aromatic heterocycles. The number of carbonyl (C=O) groups is 2. The van der Waals surface area contributed by atoms with Gasteiger partial charge in [0.2, 0.25) is 11.8 Å². The number of nitrogens with one attached hydrogen (secondary N) is 1. The summed E-state index contributed by atoms with van der Waals surface area (Å²) in [5.74, 6) is -1.86. The van der Waals surface area contributed by atoms with Gasteiger partial charge >= 0.3 is 0 Å². The van der Waals surface area contributed by atoms with E-state index in [0.29, 0.717) is 0 Å². The van der Waals surface area contributed by atoms with Crippen molar-refractivity contribution in [2.24, 2.45) is 0 Å². The quantitative estimate of drug-likeness (QED) is 0.201. The van der Waals surface area contributed by atoms with Crippen molar-refractivity contribution in [3.8, 4) is 0 Å². The van der Waals surface area contributed by atoms with E-state index in [1.54, 1.807) is 18.2 Å². The standard InChI is InChI=1S/C34H35BrFN3O4S/c1-34(2,3)37-33(41)31(22-25-12-6-4-7-13-25)38(23-26-18-20-27(35)21-19-26)32(40)24-39(30-17-11-10-16-29(30)36)44(42,43)28-14-8-5-9-15-28/h4-21,31H,22-24H2,1-3H3,(H,37,41)/t31-/m0/s1. The van der Waals surface area contributed by atoms with Gasteiger partial charge in [-0.2, -0.15) is 0 Å². The number of anilines is 1. The lowest BCUT2D eigenvalue weighted by atomic mass is 10.0. The Labute approximate surface area is 266 Å². The minimum Gasteiger partial charge on any atom is -0.350 e. The van der Waals surface area contributed by atoms with Crippen LogP contribution in [-0.4, -0.2) is 43.3 Å². The molecule has 0 spiro atoms. The molecule has 4 rings (SSSR count). The van der Waals surface area contributed by atoms with E-state index in [4.69, 9.17) is 0 Å². The number of rotatable bonds is 11. The molecular formula is C34H35BrFN3O4S. The second kappa shape index (κ2) is 14.2. The summed E-state index contributed by atoms with van der Waals surface area (Å²) in [6.45, 7) is 4.81. The first-order valence-electron chi connectivity index (χ1n) is 14.1. The summed E-state index contributed by atoms with van der Waals surface area (Å²) >= 11 is 3.43. The number of para-hydroxylation sites is 1. The minimum absolute atomic E-state index is 0.0116. The van der Waals surface area contributed by atoms with Crippen molar-refractivity contribution in [2.45, 2.75) is 50.2 Å². The maximum atomic E-state index is 15.2. The number of amides is 2. The largest absolute Gasteiger partial charge is 0.350 e. The lowest BCUT2D eigenvalue weighted by Gasteiger charge is -2.35. The van der Waals surface area contributed by atoms with Gasteiger partial charge in [-0.15, -0.1) is 0 Å². The van der Waals surface area contributed by atoms with Crippen LogP contribution >= 0.6 is 15.9 Å². The molecule has 0 unspecified atom stereocenters. The Morgan fingerprint density at radius 2 is 1.39 bits per heavy atom. The number of benzene rings is 4. The Bertz CT molecular complexity index is 1680. The Morgan fingerprint density at radius 3 is 1.98 bits per heavy atom. The molecule has 7 nitrogen and oxygen atoms in total. The summed E-state index contributed by atoms with van der Waals surface area (Å²) in [7, 11) is -4.38. The number of halogens is 2. The molecule has 2 amide bonds. The molecule has 0 aliphatic rings. The van der Waals surface area contributed by atoms with E-state index in [1.165, 1.54) is 35.2 Å². The highest BCUT2D eigenvalue weighted by molar-refractivity contribution is 9.10. The molecular weight excluding hydrogens is 645 g/mol. The van der Waals surface area contributed by atoms with Crippen molar-refractivity contribution in [3.63, 3.8) is 0 Å². The van der Waals surface area contributed by atoms with Gasteiger partial charge in [0.15, 0.2) is 0 Å². The summed E-state index contributed by atoms with van der Waals surface area (Å²) in [5.41, 5.74) is 0.672. The fourth-order valence-corrected chi connectivity index (χ4v) is 6.39. The van der Waals surface area contributed by atoms with Gasteiger partial charge in [0.1, 0.15) is 18.4 Å². The highest BCUT2D eigenvalue weighted by Crippen LogP contribution is 2.27. The third-order valence-corrected chi connectivity index (χ3v) is 9.07. The van der Waals surface area contributed by atoms with Crippen LogP contribution in [0.3, 0.4) is 0 Å². The van der Waals surface area contributed by atoms with Crippen LogP contribution in [0.25, 0.3) is 0 Å². The number of sulfonamides is 1. The van der Waals surface area contributed by atoms with Crippen molar-refractivity contribution >= 4 is 43.5 Å². The molecule has 0 aliphatic carbocycles. The molecule has 0 fully saturated rings. The van der Waals surface area contributed by atoms with Crippen molar-refractivity contribution in [1.29, 1.82) is 0 Å². The number of hydrogen-bond donors (Lipinski definition) is 1. The lowest BCUT2D eigenvalue weighted by Crippen LogP contribution is -2.56. The van der Waals surface area contributed by atoms with E-state index in [2.05, 4.69) is 21.2 Å². The molecule has 4 aromatic rings. The smallest absolute Gasteiger partial charge is 0.264 e. The van der Waals surface area contributed by atoms with Gasteiger partial charge < -0.3 is 10.2 Å². The fourth-order valence-electron chi connectivity index (χ4n) is 4.68. The third kappa shape index (κ3) is 8.54. The van der Waals surface area contributed by atoms with Gasteiger partial charge in [-0.3, -0.25) is 13.9 Å². The number of nitrogens with zero attached hydrogens (tertiary/aromatic N) is 2. The first-order valence-corrected chi connectivity index (χ1v) is 16.3. The molecule has 1 atom stereocenters. The molecule has 0 saturated heterocycles. The van der Waals surface area contributed by atoms with Crippen LogP contribution in [0, 0.1) is 5.82 Å². The lowest BCUT2D eigenvalue weighted by molar-refractivity contribution is -0.140. The van der Waals surface area contributed by atoms with Crippen LogP contribution in [0.4, 0.5) is 10.1 Å². The molecule has 0 aliphatic heterocycles. The highest BCUT2D eigenvalue weighted by atomic mass is 79.9. The minimum atomic E-state index is -4.38. The van der Waals surface area contributed by atoms with E-state index in [-0.39, 0.29) is 23.5 Å². The number of carbonyl (C=O) groups excluding carboxylic acids is 2. The van der Waals surface area contributed by atoms with Crippen molar-refractivity contribution in [2.75, 3.05) is 10.8 Å². The van der Waals surface area contributed by atoms with E-state index >= 15 is 4.39 Å². The first kappa shape index (κ1) is 32.9. The van der Waals surface area contributed by atoms with Gasteiger partial charge in [-0.05, 0) is 68.3 Å². The second-order valence-corrected chi connectivity index (χ2v) is 14.1. The average molecular weight is 681 g/mol. The maximum Gasteiger partial charge on any atom is 0.264 e. The van der Waals surface area contributed by atoms with Crippen LogP contribution in [0.5, 0.6) is 0 Å². The maximum absolute atomic E-state index is 15.2. The Morgan fingerprint density at radius 1 is 0.818 bits per heavy atom. The predicted molar refractivity (Wildman–Crippen MR) is 174 cm³/mol. The van der Waals surface area contributed by atoms with E-state index < -0.39 is 45.8 Å². The first-order chi connectivity index (χ1) is 20.8. The number of hydrogen-bond acceptors (Lipinski definition) is 4. The summed E-state index contributed by atoms with van der Waals surface area (Å²) in [6.07, 6.45) is 0.177. The Kier molecular flexibility index (Phi) is 10.6. The van der Waals surface area contributed by atoms with Crippen LogP contribution < -0.4 is 9.62 Å². The van der Waals surface area contributed by atoms with Gasteiger partial charge in [0.25, 0.3) is 10.0 Å². The zero-order chi connectivity index (χ0) is 31.9. The summed E-state index contributed by atoms with van der Waals surface area (Å²) in [5, 5.41) is 2.99. The van der Waals surface area contributed by atoms with Crippen molar-refractivity contribution in [3.05, 3.63) is 131 Å². The fraction of sp³-hybridized carbons (Fsp3) is 0.235. The topological polar surface area (TPSA) is 86.8 Å². The molecule has 0 heterocycles. The molecule has 0 bridgehead atoms. The molecule has 0 radical (unpaired) electrons. The van der Waals surface area contributed by atoms with Gasteiger partial charge in [0, 0.05) is 23.0 Å². The molecule has 230 valence electrons. The average Bonchev–Trinajstić information content (AvgIpc) is 2.99. The molecule has 0 saturated carbocycles. The summed E-state index contributed by atoms with van der Waals surface area (Å²) in [6, 6.07) is 28.5. The van der Waals surface area contributed by atoms with Crippen molar-refractivity contribution < 1.29 is 22.4 Å². The van der Waals surface area contributed by atoms with Gasteiger partial charge in [-0.1, -0.05) is 88.7 Å². The predicted octanol–water partition coefficient (Wildman–Crippen LogP) is 6.34. The van der Waals surface area contributed by atoms with Crippen LogP contribution in [0.1, 0.15) is 31.9 Å². The monoisotopic (exact) mass is 679 g/mol. The Hall–Kier alpha value is -4.02. The molecule has 4 aromatic carbocycles. The van der Waals surface area contributed by atoms with Crippen molar-refractivity contribution in [1.82, 2.24) is 10.2 Å².